The molecule has 19 heavy (non-hydrogen) atoms. The van der Waals surface area contributed by atoms with Crippen LogP contribution in [0.2, 0.25) is 0 Å². The van der Waals surface area contributed by atoms with E-state index in [1.807, 2.05) is 0 Å². The van der Waals surface area contributed by atoms with Crippen LogP contribution in [0, 0.1) is 11.3 Å². The Hall–Kier alpha value is -0.820. The smallest absolute Gasteiger partial charge is 0.0901 e. The van der Waals surface area contributed by atoms with Gasteiger partial charge in [0.15, 0.2) is 0 Å². The van der Waals surface area contributed by atoms with Crippen molar-refractivity contribution in [2.24, 2.45) is 11.3 Å². The van der Waals surface area contributed by atoms with Gasteiger partial charge in [-0.05, 0) is 54.6 Å². The van der Waals surface area contributed by atoms with E-state index in [-0.39, 0.29) is 5.41 Å². The van der Waals surface area contributed by atoms with Crippen LogP contribution in [0.1, 0.15) is 64.5 Å². The first-order valence-corrected chi connectivity index (χ1v) is 7.63. The largest absolute Gasteiger partial charge is 0.385 e. The zero-order chi connectivity index (χ0) is 14.1. The van der Waals surface area contributed by atoms with E-state index in [0.717, 1.165) is 31.2 Å². The molecule has 0 heterocycles. The fourth-order valence-electron chi connectivity index (χ4n) is 3.53. The van der Waals surface area contributed by atoms with Crippen molar-refractivity contribution < 1.29 is 5.11 Å². The van der Waals surface area contributed by atoms with Gasteiger partial charge >= 0.3 is 0 Å². The highest BCUT2D eigenvalue weighted by Crippen LogP contribution is 2.46. The maximum absolute atomic E-state index is 11.0. The van der Waals surface area contributed by atoms with Gasteiger partial charge in [-0.15, -0.1) is 0 Å². The highest BCUT2D eigenvalue weighted by Gasteiger charge is 2.39. The Balaban J connectivity index is 2.25. The average Bonchev–Trinajstić information content (AvgIpc) is 2.26. The van der Waals surface area contributed by atoms with E-state index in [0.29, 0.717) is 5.92 Å². The van der Waals surface area contributed by atoms with Crippen LogP contribution in [0.25, 0.3) is 0 Å². The fraction of sp³-hybridized carbons (Fsp3) is 0.667. The minimum atomic E-state index is -0.616. The minimum absolute atomic E-state index is 0.251. The van der Waals surface area contributed by atoms with E-state index in [2.05, 4.69) is 52.0 Å². The lowest BCUT2D eigenvalue weighted by Gasteiger charge is -2.42. The van der Waals surface area contributed by atoms with Crippen LogP contribution in [0.5, 0.6) is 0 Å². The Kier molecular flexibility index (Phi) is 4.06. The van der Waals surface area contributed by atoms with Gasteiger partial charge in [-0.25, -0.2) is 0 Å². The van der Waals surface area contributed by atoms with E-state index in [1.165, 1.54) is 12.0 Å². The summed E-state index contributed by atoms with van der Waals surface area (Å²) < 4.78 is 0. The molecule has 1 nitrogen and oxygen atoms in total. The van der Waals surface area contributed by atoms with Crippen molar-refractivity contribution in [2.45, 2.75) is 65.4 Å². The first kappa shape index (κ1) is 14.6. The molecule has 1 fully saturated rings. The average molecular weight is 260 g/mol. The van der Waals surface area contributed by atoms with E-state index in [1.54, 1.807) is 0 Å². The maximum atomic E-state index is 11.0. The third-order valence-electron chi connectivity index (χ3n) is 4.32. The summed E-state index contributed by atoms with van der Waals surface area (Å²) in [5, 5.41) is 11.0. The Bertz CT molecular complexity index is 433. The quantitative estimate of drug-likeness (QED) is 0.837. The molecular formula is C18H28O. The standard InChI is InChI=1S/C18H28O/c1-14(2)11-15-7-5-8-16(12-15)18(19)10-6-9-17(3,4)13-18/h5,7-8,12,14,19H,6,9-11,13H2,1-4H3. The third kappa shape index (κ3) is 3.60. The molecule has 106 valence electrons. The van der Waals surface area contributed by atoms with Gasteiger partial charge in [0.1, 0.15) is 0 Å². The van der Waals surface area contributed by atoms with Crippen molar-refractivity contribution in [3.05, 3.63) is 35.4 Å². The van der Waals surface area contributed by atoms with Crippen LogP contribution in [0.4, 0.5) is 0 Å². The normalized spacial score (nSPS) is 26.6. The molecule has 0 aromatic heterocycles. The molecule has 1 atom stereocenters. The lowest BCUT2D eigenvalue weighted by atomic mass is 9.67. The first-order chi connectivity index (χ1) is 8.81. The molecule has 0 saturated heterocycles. The Morgan fingerprint density at radius 1 is 1.21 bits per heavy atom. The fourth-order valence-corrected chi connectivity index (χ4v) is 3.53. The van der Waals surface area contributed by atoms with Gasteiger partial charge in [-0.1, -0.05) is 52.0 Å². The number of benzene rings is 1. The van der Waals surface area contributed by atoms with E-state index >= 15 is 0 Å². The second-order valence-corrected chi connectivity index (χ2v) is 7.52. The van der Waals surface area contributed by atoms with Crippen molar-refractivity contribution >= 4 is 0 Å². The lowest BCUT2D eigenvalue weighted by molar-refractivity contribution is -0.0441. The Morgan fingerprint density at radius 3 is 2.58 bits per heavy atom. The van der Waals surface area contributed by atoms with Gasteiger partial charge in [0.2, 0.25) is 0 Å². The van der Waals surface area contributed by atoms with Crippen molar-refractivity contribution in [3.63, 3.8) is 0 Å². The lowest BCUT2D eigenvalue weighted by Crippen LogP contribution is -2.36. The second-order valence-electron chi connectivity index (χ2n) is 7.52. The van der Waals surface area contributed by atoms with Gasteiger partial charge in [-0.2, -0.15) is 0 Å². The molecule has 1 aliphatic rings. The molecule has 1 aromatic carbocycles. The van der Waals surface area contributed by atoms with Crippen molar-refractivity contribution in [3.8, 4) is 0 Å². The number of aliphatic hydroxyl groups is 1. The second kappa shape index (κ2) is 5.28. The predicted molar refractivity (Wildman–Crippen MR) is 81.1 cm³/mol. The molecule has 0 aliphatic heterocycles. The first-order valence-electron chi connectivity index (χ1n) is 7.63. The summed E-state index contributed by atoms with van der Waals surface area (Å²) in [6, 6.07) is 8.61. The van der Waals surface area contributed by atoms with Crippen LogP contribution in [0.15, 0.2) is 24.3 Å². The minimum Gasteiger partial charge on any atom is -0.385 e. The molecule has 0 spiro atoms. The molecule has 2 rings (SSSR count). The van der Waals surface area contributed by atoms with Gasteiger partial charge in [0.05, 0.1) is 5.60 Å². The molecule has 1 saturated carbocycles. The summed E-state index contributed by atoms with van der Waals surface area (Å²) >= 11 is 0. The van der Waals surface area contributed by atoms with Crippen molar-refractivity contribution in [1.82, 2.24) is 0 Å². The predicted octanol–water partition coefficient (Wildman–Crippen LogP) is 4.67. The van der Waals surface area contributed by atoms with Crippen LogP contribution < -0.4 is 0 Å². The monoisotopic (exact) mass is 260 g/mol. The molecule has 1 aromatic rings. The summed E-state index contributed by atoms with van der Waals surface area (Å²) in [6.45, 7) is 9.03. The number of hydrogen-bond acceptors (Lipinski definition) is 1. The summed E-state index contributed by atoms with van der Waals surface area (Å²) in [7, 11) is 0. The van der Waals surface area contributed by atoms with Crippen LogP contribution in [-0.2, 0) is 12.0 Å². The van der Waals surface area contributed by atoms with Gasteiger partial charge < -0.3 is 5.11 Å². The molecule has 1 unspecified atom stereocenters. The third-order valence-corrected chi connectivity index (χ3v) is 4.32. The van der Waals surface area contributed by atoms with Crippen LogP contribution >= 0.6 is 0 Å². The maximum Gasteiger partial charge on any atom is 0.0901 e. The summed E-state index contributed by atoms with van der Waals surface area (Å²) in [5.41, 5.74) is 2.11. The van der Waals surface area contributed by atoms with E-state index < -0.39 is 5.60 Å². The van der Waals surface area contributed by atoms with Crippen molar-refractivity contribution in [2.75, 3.05) is 0 Å². The Labute approximate surface area is 118 Å². The zero-order valence-corrected chi connectivity index (χ0v) is 12.9. The molecule has 1 heteroatoms. The van der Waals surface area contributed by atoms with Gasteiger partial charge in [0, 0.05) is 0 Å². The Morgan fingerprint density at radius 2 is 1.95 bits per heavy atom. The topological polar surface area (TPSA) is 20.2 Å². The van der Waals surface area contributed by atoms with E-state index in [9.17, 15) is 5.11 Å². The summed E-state index contributed by atoms with van der Waals surface area (Å²) in [6.07, 6.45) is 5.22. The highest BCUT2D eigenvalue weighted by molar-refractivity contribution is 5.29. The summed E-state index contributed by atoms with van der Waals surface area (Å²) in [4.78, 5) is 0. The van der Waals surface area contributed by atoms with Crippen LogP contribution in [0.3, 0.4) is 0 Å². The molecule has 1 aliphatic carbocycles. The number of rotatable bonds is 3. The summed E-state index contributed by atoms with van der Waals surface area (Å²) in [5.74, 6) is 0.660. The van der Waals surface area contributed by atoms with Crippen LogP contribution in [-0.4, -0.2) is 5.11 Å². The molecule has 0 radical (unpaired) electrons. The SMILES string of the molecule is CC(C)Cc1cccc(C2(O)CCCC(C)(C)C2)c1. The van der Waals surface area contributed by atoms with E-state index in [4.69, 9.17) is 0 Å². The molecule has 0 amide bonds. The van der Waals surface area contributed by atoms with Crippen molar-refractivity contribution in [1.29, 1.82) is 0 Å². The number of hydrogen-bond donors (Lipinski definition) is 1. The zero-order valence-electron chi connectivity index (χ0n) is 12.9. The molecule has 1 N–H and O–H groups in total. The van der Waals surface area contributed by atoms with Gasteiger partial charge in [0.25, 0.3) is 0 Å². The highest BCUT2D eigenvalue weighted by atomic mass is 16.3. The molecule has 0 bridgehead atoms. The van der Waals surface area contributed by atoms with Gasteiger partial charge in [-0.3, -0.25) is 0 Å². The molecular weight excluding hydrogens is 232 g/mol.